The quantitative estimate of drug-likeness (QED) is 0.858. The molecule has 0 aliphatic carbocycles. The molecule has 124 valence electrons. The molecule has 0 aromatic carbocycles. The van der Waals surface area contributed by atoms with Gasteiger partial charge in [-0.3, -0.25) is 9.69 Å². The normalized spacial score (nSPS) is 17.9. The van der Waals surface area contributed by atoms with Crippen LogP contribution in [0.3, 0.4) is 0 Å². The Hall–Kier alpha value is -1.70. The zero-order valence-corrected chi connectivity index (χ0v) is 14.0. The van der Waals surface area contributed by atoms with Crippen molar-refractivity contribution in [2.45, 2.75) is 25.4 Å². The topological polar surface area (TPSA) is 78.2 Å². The number of H-pyrrole nitrogens is 1. The van der Waals surface area contributed by atoms with Crippen LogP contribution in [0.5, 0.6) is 0 Å². The molecule has 2 aromatic rings. The van der Waals surface area contributed by atoms with Crippen LogP contribution in [-0.2, 0) is 17.8 Å². The third-order valence-electron chi connectivity index (χ3n) is 4.17. The lowest BCUT2D eigenvalue weighted by Gasteiger charge is -2.24. The Morgan fingerprint density at radius 2 is 2.30 bits per heavy atom. The summed E-state index contributed by atoms with van der Waals surface area (Å²) in [5.74, 6) is 0.0394. The van der Waals surface area contributed by atoms with E-state index in [9.17, 15) is 4.79 Å². The van der Waals surface area contributed by atoms with Crippen molar-refractivity contribution in [3.63, 3.8) is 0 Å². The summed E-state index contributed by atoms with van der Waals surface area (Å²) in [6, 6.07) is 3.75. The third kappa shape index (κ3) is 4.40. The number of aromatic nitrogens is 2. The maximum atomic E-state index is 12.6. The monoisotopic (exact) mass is 333 g/mol. The lowest BCUT2D eigenvalue weighted by atomic mass is 10.1. The highest BCUT2D eigenvalue weighted by Crippen LogP contribution is 2.14. The van der Waals surface area contributed by atoms with E-state index < -0.39 is 6.04 Å². The molecule has 1 atom stereocenters. The molecule has 3 heterocycles. The summed E-state index contributed by atoms with van der Waals surface area (Å²) < 4.78 is 0. The van der Waals surface area contributed by atoms with E-state index in [2.05, 4.69) is 32.4 Å². The average molecular weight is 333 g/mol. The molecule has 1 fully saturated rings. The largest absolute Gasteiger partial charge is 0.348 e. The van der Waals surface area contributed by atoms with Crippen LogP contribution in [0, 0.1) is 0 Å². The predicted molar refractivity (Wildman–Crippen MR) is 91.1 cm³/mol. The lowest BCUT2D eigenvalue weighted by Crippen LogP contribution is -2.46. The molecule has 1 aliphatic heterocycles. The number of nitrogens with two attached hydrogens (primary N) is 1. The predicted octanol–water partition coefficient (Wildman–Crippen LogP) is 1.08. The number of carbonyl (C=O) groups is 1. The van der Waals surface area contributed by atoms with Crippen molar-refractivity contribution < 1.29 is 4.79 Å². The van der Waals surface area contributed by atoms with E-state index in [-0.39, 0.29) is 5.91 Å². The average Bonchev–Trinajstić information content (AvgIpc) is 3.18. The molecule has 3 N–H and O–H groups in total. The molecule has 0 spiro atoms. The van der Waals surface area contributed by atoms with Crippen LogP contribution in [0.2, 0.25) is 0 Å². The maximum Gasteiger partial charge on any atom is 0.239 e. The minimum atomic E-state index is -0.501. The number of thiophene rings is 1. The van der Waals surface area contributed by atoms with Crippen molar-refractivity contribution in [3.05, 3.63) is 40.6 Å². The van der Waals surface area contributed by atoms with Gasteiger partial charge in [-0.1, -0.05) is 6.07 Å². The van der Waals surface area contributed by atoms with Crippen molar-refractivity contribution in [1.82, 2.24) is 19.8 Å². The summed E-state index contributed by atoms with van der Waals surface area (Å²) in [7, 11) is 0. The van der Waals surface area contributed by atoms with Crippen molar-refractivity contribution >= 4 is 17.2 Å². The van der Waals surface area contributed by atoms with E-state index >= 15 is 0 Å². The van der Waals surface area contributed by atoms with E-state index in [1.165, 1.54) is 4.88 Å². The van der Waals surface area contributed by atoms with Crippen LogP contribution >= 0.6 is 11.3 Å². The first-order valence-electron chi connectivity index (χ1n) is 7.99. The highest BCUT2D eigenvalue weighted by molar-refractivity contribution is 7.09. The molecule has 6 nitrogen and oxygen atoms in total. The van der Waals surface area contributed by atoms with Crippen LogP contribution in [0.1, 0.15) is 17.0 Å². The van der Waals surface area contributed by atoms with Gasteiger partial charge in [-0.05, 0) is 17.9 Å². The molecule has 7 heteroatoms. The second-order valence-electron chi connectivity index (χ2n) is 5.92. The van der Waals surface area contributed by atoms with Crippen LogP contribution in [0.15, 0.2) is 30.0 Å². The summed E-state index contributed by atoms with van der Waals surface area (Å²) in [5.41, 5.74) is 6.99. The van der Waals surface area contributed by atoms with Crippen LogP contribution in [-0.4, -0.2) is 57.9 Å². The fraction of sp³-hybridized carbons (Fsp3) is 0.500. The van der Waals surface area contributed by atoms with Gasteiger partial charge in [0, 0.05) is 55.9 Å². The van der Waals surface area contributed by atoms with Crippen molar-refractivity contribution in [3.8, 4) is 0 Å². The minimum absolute atomic E-state index is 0.0394. The molecule has 1 saturated heterocycles. The van der Waals surface area contributed by atoms with Gasteiger partial charge in [-0.25, -0.2) is 4.98 Å². The Labute approximate surface area is 140 Å². The van der Waals surface area contributed by atoms with Crippen LogP contribution in [0.4, 0.5) is 0 Å². The van der Waals surface area contributed by atoms with E-state index in [1.807, 2.05) is 4.90 Å². The third-order valence-corrected chi connectivity index (χ3v) is 5.03. The van der Waals surface area contributed by atoms with Gasteiger partial charge in [0.2, 0.25) is 5.91 Å². The van der Waals surface area contributed by atoms with Gasteiger partial charge in [0.1, 0.15) is 0 Å². The molecular formula is C16H23N5OS. The second kappa shape index (κ2) is 7.72. The number of hydrogen-bond donors (Lipinski definition) is 2. The molecule has 23 heavy (non-hydrogen) atoms. The van der Waals surface area contributed by atoms with E-state index in [0.29, 0.717) is 6.42 Å². The Morgan fingerprint density at radius 1 is 1.39 bits per heavy atom. The zero-order valence-electron chi connectivity index (χ0n) is 13.1. The van der Waals surface area contributed by atoms with Crippen LogP contribution < -0.4 is 5.73 Å². The standard InChI is InChI=1S/C16H23N5OS/c17-15(9-13-10-18-12-19-13)16(22)21-5-2-4-20(6-7-21)11-14-3-1-8-23-14/h1,3,8,10,12,15H,2,4-7,9,11,17H2,(H,18,19)/t15-/m0/s1. The number of imidazole rings is 1. The Morgan fingerprint density at radius 3 is 3.04 bits per heavy atom. The number of nitrogens with one attached hydrogen (secondary N) is 1. The molecule has 0 radical (unpaired) electrons. The van der Waals surface area contributed by atoms with Crippen LogP contribution in [0.25, 0.3) is 0 Å². The van der Waals surface area contributed by atoms with Gasteiger partial charge in [0.15, 0.2) is 0 Å². The summed E-state index contributed by atoms with van der Waals surface area (Å²) in [4.78, 5) is 25.2. The minimum Gasteiger partial charge on any atom is -0.348 e. The highest BCUT2D eigenvalue weighted by Gasteiger charge is 2.24. The number of aromatic amines is 1. The Kier molecular flexibility index (Phi) is 5.43. The van der Waals surface area contributed by atoms with E-state index in [0.717, 1.165) is 44.8 Å². The number of hydrogen-bond acceptors (Lipinski definition) is 5. The number of amides is 1. The second-order valence-corrected chi connectivity index (χ2v) is 6.95. The molecule has 0 saturated carbocycles. The number of carbonyl (C=O) groups excluding carboxylic acids is 1. The summed E-state index contributed by atoms with van der Waals surface area (Å²) in [6.07, 6.45) is 4.83. The highest BCUT2D eigenvalue weighted by atomic mass is 32.1. The zero-order chi connectivity index (χ0) is 16.1. The molecule has 3 rings (SSSR count). The molecule has 1 amide bonds. The van der Waals surface area contributed by atoms with Crippen molar-refractivity contribution in [2.24, 2.45) is 5.73 Å². The lowest BCUT2D eigenvalue weighted by molar-refractivity contribution is -0.132. The molecule has 0 bridgehead atoms. The fourth-order valence-corrected chi connectivity index (χ4v) is 3.67. The van der Waals surface area contributed by atoms with Gasteiger partial charge in [-0.2, -0.15) is 0 Å². The number of nitrogens with zero attached hydrogens (tertiary/aromatic N) is 3. The van der Waals surface area contributed by atoms with Gasteiger partial charge >= 0.3 is 0 Å². The smallest absolute Gasteiger partial charge is 0.239 e. The van der Waals surface area contributed by atoms with E-state index in [1.54, 1.807) is 23.9 Å². The van der Waals surface area contributed by atoms with Gasteiger partial charge in [0.05, 0.1) is 12.4 Å². The Balaban J connectivity index is 1.51. The molecule has 0 unspecified atom stereocenters. The van der Waals surface area contributed by atoms with Gasteiger partial charge in [0.25, 0.3) is 0 Å². The maximum absolute atomic E-state index is 12.6. The number of rotatable bonds is 5. The molecule has 2 aromatic heterocycles. The Bertz CT molecular complexity index is 598. The molecule has 1 aliphatic rings. The van der Waals surface area contributed by atoms with Crippen molar-refractivity contribution in [2.75, 3.05) is 26.2 Å². The molecular weight excluding hydrogens is 310 g/mol. The van der Waals surface area contributed by atoms with Gasteiger partial charge < -0.3 is 15.6 Å². The fourth-order valence-electron chi connectivity index (χ4n) is 2.93. The first-order valence-corrected chi connectivity index (χ1v) is 8.86. The summed E-state index contributed by atoms with van der Waals surface area (Å²) >= 11 is 1.79. The first kappa shape index (κ1) is 16.2. The van der Waals surface area contributed by atoms with Gasteiger partial charge in [-0.15, -0.1) is 11.3 Å². The summed E-state index contributed by atoms with van der Waals surface area (Å²) in [5, 5.41) is 2.11. The van der Waals surface area contributed by atoms with E-state index in [4.69, 9.17) is 5.73 Å². The summed E-state index contributed by atoms with van der Waals surface area (Å²) in [6.45, 7) is 4.44. The first-order chi connectivity index (χ1) is 11.2. The van der Waals surface area contributed by atoms with Crippen molar-refractivity contribution in [1.29, 1.82) is 0 Å². The SMILES string of the molecule is N[C@@H](Cc1cnc[nH]1)C(=O)N1CCCN(Cc2cccs2)CC1.